The van der Waals surface area contributed by atoms with Gasteiger partial charge in [-0.3, -0.25) is 4.79 Å². The van der Waals surface area contributed by atoms with Crippen molar-refractivity contribution in [1.29, 1.82) is 0 Å². The summed E-state index contributed by atoms with van der Waals surface area (Å²) >= 11 is 5.82. The summed E-state index contributed by atoms with van der Waals surface area (Å²) in [5, 5.41) is 0.304. The molecule has 0 aromatic heterocycles. The first-order valence-corrected chi connectivity index (χ1v) is 4.49. The van der Waals surface area contributed by atoms with Crippen LogP contribution in [0.5, 0.6) is 11.5 Å². The van der Waals surface area contributed by atoms with Gasteiger partial charge in [0.05, 0.1) is 12.1 Å². The van der Waals surface area contributed by atoms with E-state index >= 15 is 0 Å². The lowest BCUT2D eigenvalue weighted by molar-refractivity contribution is 0.112. The number of carbonyl (C=O) groups excluding carboxylic acids is 1. The summed E-state index contributed by atoms with van der Waals surface area (Å²) in [4.78, 5) is 10.6. The molecule has 3 nitrogen and oxygen atoms in total. The van der Waals surface area contributed by atoms with Crippen LogP contribution < -0.4 is 9.47 Å². The first-order valence-electron chi connectivity index (χ1n) is 4.12. The van der Waals surface area contributed by atoms with Gasteiger partial charge in [0.2, 0.25) is 0 Å². The zero-order chi connectivity index (χ0) is 11.3. The number of methoxy groups -OCH3 is 1. The van der Waals surface area contributed by atoms with E-state index in [0.29, 0.717) is 28.4 Å². The topological polar surface area (TPSA) is 35.5 Å². The molecule has 0 aliphatic heterocycles. The molecule has 0 N–H and O–H groups in total. The molecule has 0 fully saturated rings. The van der Waals surface area contributed by atoms with Gasteiger partial charge < -0.3 is 9.47 Å². The highest BCUT2D eigenvalue weighted by molar-refractivity contribution is 6.33. The fourth-order valence-corrected chi connectivity index (χ4v) is 1.23. The summed E-state index contributed by atoms with van der Waals surface area (Å²) in [7, 11) is 1.47. The Bertz CT molecular complexity index is 407. The number of rotatable bonds is 4. The van der Waals surface area contributed by atoms with E-state index in [0.717, 1.165) is 0 Å². The van der Waals surface area contributed by atoms with Gasteiger partial charge in [-0.15, -0.1) is 6.42 Å². The lowest BCUT2D eigenvalue weighted by atomic mass is 10.2. The van der Waals surface area contributed by atoms with Gasteiger partial charge in [-0.2, -0.15) is 0 Å². The van der Waals surface area contributed by atoms with Crippen LogP contribution in [0.2, 0.25) is 5.02 Å². The SMILES string of the molecule is C#CCOc1cc(Cl)c(C=O)cc1OC. The first-order chi connectivity index (χ1) is 7.22. The number of carbonyl (C=O) groups is 1. The predicted molar refractivity (Wildman–Crippen MR) is 57.7 cm³/mol. The standard InChI is InChI=1S/C11H9ClO3/c1-3-4-15-11-6-9(12)8(7-13)5-10(11)14-2/h1,5-7H,4H2,2H3. The molecule has 0 saturated carbocycles. The van der Waals surface area contributed by atoms with Gasteiger partial charge in [0, 0.05) is 11.6 Å². The Balaban J connectivity index is 3.10. The van der Waals surface area contributed by atoms with Crippen molar-refractivity contribution in [2.75, 3.05) is 13.7 Å². The number of halogens is 1. The highest BCUT2D eigenvalue weighted by atomic mass is 35.5. The smallest absolute Gasteiger partial charge is 0.164 e. The molecule has 0 saturated heterocycles. The molecule has 0 heterocycles. The van der Waals surface area contributed by atoms with Crippen LogP contribution in [0.3, 0.4) is 0 Å². The number of benzene rings is 1. The van der Waals surface area contributed by atoms with E-state index in [1.807, 2.05) is 0 Å². The molecule has 1 aromatic rings. The third-order valence-electron chi connectivity index (χ3n) is 1.72. The molecule has 0 amide bonds. The molecule has 0 radical (unpaired) electrons. The molecular formula is C11H9ClO3. The minimum absolute atomic E-state index is 0.118. The number of hydrogen-bond donors (Lipinski definition) is 0. The molecule has 0 bridgehead atoms. The average Bonchev–Trinajstić information content (AvgIpc) is 2.26. The summed E-state index contributed by atoms with van der Waals surface area (Å²) in [6, 6.07) is 3.00. The van der Waals surface area contributed by atoms with Gasteiger partial charge >= 0.3 is 0 Å². The Labute approximate surface area is 92.9 Å². The van der Waals surface area contributed by atoms with Crippen molar-refractivity contribution in [1.82, 2.24) is 0 Å². The molecule has 0 aliphatic carbocycles. The minimum atomic E-state index is 0.118. The van der Waals surface area contributed by atoms with Crippen LogP contribution in [-0.4, -0.2) is 20.0 Å². The maximum atomic E-state index is 10.6. The fourth-order valence-electron chi connectivity index (χ4n) is 1.03. The Hall–Kier alpha value is -1.66. The summed E-state index contributed by atoms with van der Waals surface area (Å²) in [6.07, 6.45) is 5.71. The highest BCUT2D eigenvalue weighted by Gasteiger charge is 2.09. The van der Waals surface area contributed by atoms with E-state index in [1.165, 1.54) is 19.2 Å². The van der Waals surface area contributed by atoms with E-state index in [1.54, 1.807) is 0 Å². The van der Waals surface area contributed by atoms with Crippen LogP contribution in [0.1, 0.15) is 10.4 Å². The third kappa shape index (κ3) is 2.64. The molecule has 0 aliphatic rings. The molecule has 1 aromatic carbocycles. The second kappa shape index (κ2) is 5.28. The molecule has 4 heteroatoms. The summed E-state index contributed by atoms with van der Waals surface area (Å²) in [5.41, 5.74) is 0.349. The lowest BCUT2D eigenvalue weighted by Crippen LogP contribution is -1.98. The quantitative estimate of drug-likeness (QED) is 0.581. The van der Waals surface area contributed by atoms with Crippen LogP contribution in [0.15, 0.2) is 12.1 Å². The normalized spacial score (nSPS) is 9.13. The number of terminal acetylenes is 1. The monoisotopic (exact) mass is 224 g/mol. The molecule has 78 valence electrons. The Morgan fingerprint density at radius 1 is 1.53 bits per heavy atom. The van der Waals surface area contributed by atoms with Gasteiger partial charge in [0.25, 0.3) is 0 Å². The number of aldehydes is 1. The van der Waals surface area contributed by atoms with Crippen molar-refractivity contribution < 1.29 is 14.3 Å². The van der Waals surface area contributed by atoms with E-state index in [2.05, 4.69) is 5.92 Å². The van der Waals surface area contributed by atoms with Crippen LogP contribution in [-0.2, 0) is 0 Å². The second-order valence-corrected chi connectivity index (χ2v) is 3.04. The third-order valence-corrected chi connectivity index (χ3v) is 2.05. The molecule has 0 spiro atoms. The summed E-state index contributed by atoms with van der Waals surface area (Å²) in [6.45, 7) is 0.118. The van der Waals surface area contributed by atoms with Crippen LogP contribution in [0.4, 0.5) is 0 Å². The zero-order valence-corrected chi connectivity index (χ0v) is 8.88. The average molecular weight is 225 g/mol. The number of hydrogen-bond acceptors (Lipinski definition) is 3. The van der Waals surface area contributed by atoms with Crippen molar-refractivity contribution >= 4 is 17.9 Å². The van der Waals surface area contributed by atoms with Gasteiger partial charge in [0.1, 0.15) is 6.61 Å². The lowest BCUT2D eigenvalue weighted by Gasteiger charge is -2.09. The van der Waals surface area contributed by atoms with Crippen molar-refractivity contribution in [3.63, 3.8) is 0 Å². The highest BCUT2D eigenvalue weighted by Crippen LogP contribution is 2.32. The summed E-state index contributed by atoms with van der Waals surface area (Å²) in [5.74, 6) is 3.17. The predicted octanol–water partition coefficient (Wildman–Crippen LogP) is 2.17. The van der Waals surface area contributed by atoms with Gasteiger partial charge in [-0.1, -0.05) is 17.5 Å². The minimum Gasteiger partial charge on any atom is -0.493 e. The molecule has 0 atom stereocenters. The zero-order valence-electron chi connectivity index (χ0n) is 8.12. The van der Waals surface area contributed by atoms with Crippen molar-refractivity contribution in [2.45, 2.75) is 0 Å². The van der Waals surface area contributed by atoms with E-state index < -0.39 is 0 Å². The maximum absolute atomic E-state index is 10.6. The van der Waals surface area contributed by atoms with Crippen LogP contribution in [0, 0.1) is 12.3 Å². The fraction of sp³-hybridized carbons (Fsp3) is 0.182. The van der Waals surface area contributed by atoms with Gasteiger partial charge in [0.15, 0.2) is 17.8 Å². The Morgan fingerprint density at radius 3 is 2.80 bits per heavy atom. The van der Waals surface area contributed by atoms with E-state index in [9.17, 15) is 4.79 Å². The van der Waals surface area contributed by atoms with Crippen molar-refractivity contribution in [3.05, 3.63) is 22.7 Å². The Kier molecular flexibility index (Phi) is 4.02. The van der Waals surface area contributed by atoms with Gasteiger partial charge in [-0.05, 0) is 6.07 Å². The molecule has 15 heavy (non-hydrogen) atoms. The van der Waals surface area contributed by atoms with Crippen molar-refractivity contribution in [3.8, 4) is 23.8 Å². The maximum Gasteiger partial charge on any atom is 0.164 e. The van der Waals surface area contributed by atoms with Crippen LogP contribution in [0.25, 0.3) is 0 Å². The van der Waals surface area contributed by atoms with Gasteiger partial charge in [-0.25, -0.2) is 0 Å². The first kappa shape index (κ1) is 11.4. The molecule has 0 unspecified atom stereocenters. The molecular weight excluding hydrogens is 216 g/mol. The van der Waals surface area contributed by atoms with E-state index in [-0.39, 0.29) is 6.61 Å². The largest absolute Gasteiger partial charge is 0.493 e. The second-order valence-electron chi connectivity index (χ2n) is 2.64. The van der Waals surface area contributed by atoms with E-state index in [4.69, 9.17) is 27.5 Å². The molecule has 1 rings (SSSR count). The van der Waals surface area contributed by atoms with Crippen molar-refractivity contribution in [2.24, 2.45) is 0 Å². The van der Waals surface area contributed by atoms with Crippen LogP contribution >= 0.6 is 11.6 Å². The summed E-state index contributed by atoms with van der Waals surface area (Å²) < 4.78 is 10.2. The Morgan fingerprint density at radius 2 is 2.27 bits per heavy atom. The number of ether oxygens (including phenoxy) is 2.